The highest BCUT2D eigenvalue weighted by Gasteiger charge is 2.35. The average molecular weight is 387 g/mol. The maximum absolute atomic E-state index is 12.4. The molecule has 0 aromatic heterocycles. The fraction of sp³-hybridized carbons (Fsp3) is 0.250. The van der Waals surface area contributed by atoms with Crippen LogP contribution in [0.25, 0.3) is 0 Å². The number of hydrazone groups is 1. The smallest absolute Gasteiger partial charge is 0.282 e. The molecular formula is C20H19ClN2O4. The summed E-state index contributed by atoms with van der Waals surface area (Å²) in [5.41, 5.74) is 1.27. The summed E-state index contributed by atoms with van der Waals surface area (Å²) in [6, 6.07) is 9.99. The molecule has 1 aliphatic heterocycles. The highest BCUT2D eigenvalue weighted by molar-refractivity contribution is 6.32. The molecule has 0 atom stereocenters. The first-order valence-corrected chi connectivity index (χ1v) is 9.05. The van der Waals surface area contributed by atoms with Crippen LogP contribution in [0, 0.1) is 0 Å². The minimum absolute atomic E-state index is 0.344. The maximum Gasteiger partial charge on any atom is 0.282 e. The number of carbonyl (C=O) groups is 2. The summed E-state index contributed by atoms with van der Waals surface area (Å²) in [5, 5.41) is 5.28. The monoisotopic (exact) mass is 386 g/mol. The number of rotatable bonds is 7. The van der Waals surface area contributed by atoms with Crippen molar-refractivity contribution in [3.63, 3.8) is 0 Å². The molecule has 27 heavy (non-hydrogen) atoms. The quantitative estimate of drug-likeness (QED) is 0.529. The van der Waals surface area contributed by atoms with Crippen molar-refractivity contribution in [3.05, 3.63) is 58.1 Å². The lowest BCUT2D eigenvalue weighted by atomic mass is 10.1. The van der Waals surface area contributed by atoms with Gasteiger partial charge in [-0.25, -0.2) is 0 Å². The first-order chi connectivity index (χ1) is 13.1. The normalized spacial score (nSPS) is 13.4. The van der Waals surface area contributed by atoms with E-state index in [-0.39, 0.29) is 0 Å². The number of nitrogens with zero attached hydrogens (tertiary/aromatic N) is 2. The van der Waals surface area contributed by atoms with Crippen LogP contribution in [0.2, 0.25) is 5.02 Å². The third-order valence-corrected chi connectivity index (χ3v) is 4.16. The van der Waals surface area contributed by atoms with Gasteiger partial charge in [-0.1, -0.05) is 30.7 Å². The Morgan fingerprint density at radius 1 is 1.07 bits per heavy atom. The standard InChI is InChI=1S/C20H19ClN2O4/c1-3-9-27-18-16(21)10-13(11-17(18)26-4-2)12-22-23-19(24)14-7-5-6-8-15(14)20(23)25/h5-8,10-12H,3-4,9H2,1-2H3/b22-12-. The van der Waals surface area contributed by atoms with Gasteiger partial charge in [0, 0.05) is 0 Å². The molecule has 1 heterocycles. The summed E-state index contributed by atoms with van der Waals surface area (Å²) < 4.78 is 11.3. The van der Waals surface area contributed by atoms with Crippen LogP contribution in [0.4, 0.5) is 0 Å². The molecule has 2 amide bonds. The van der Waals surface area contributed by atoms with Crippen LogP contribution in [-0.4, -0.2) is 36.3 Å². The minimum Gasteiger partial charge on any atom is -0.490 e. The fourth-order valence-corrected chi connectivity index (χ4v) is 2.95. The molecule has 0 unspecified atom stereocenters. The summed E-state index contributed by atoms with van der Waals surface area (Å²) >= 11 is 6.32. The molecule has 0 fully saturated rings. The number of carbonyl (C=O) groups excluding carboxylic acids is 2. The van der Waals surface area contributed by atoms with Gasteiger partial charge in [0.1, 0.15) is 0 Å². The molecule has 3 rings (SSSR count). The Morgan fingerprint density at radius 3 is 2.33 bits per heavy atom. The van der Waals surface area contributed by atoms with Crippen LogP contribution < -0.4 is 9.47 Å². The topological polar surface area (TPSA) is 68.2 Å². The van der Waals surface area contributed by atoms with Crippen LogP contribution in [0.3, 0.4) is 0 Å². The second-order valence-electron chi connectivity index (χ2n) is 5.82. The number of benzene rings is 2. The Balaban J connectivity index is 1.87. The molecule has 0 aliphatic carbocycles. The minimum atomic E-state index is -0.453. The predicted octanol–water partition coefficient (Wildman–Crippen LogP) is 4.16. The first-order valence-electron chi connectivity index (χ1n) is 8.67. The molecule has 6 nitrogen and oxygen atoms in total. The molecule has 0 N–H and O–H groups in total. The second-order valence-corrected chi connectivity index (χ2v) is 6.23. The fourth-order valence-electron chi connectivity index (χ4n) is 2.68. The van der Waals surface area contributed by atoms with Gasteiger partial charge in [0.25, 0.3) is 11.8 Å². The van der Waals surface area contributed by atoms with E-state index in [9.17, 15) is 9.59 Å². The van der Waals surface area contributed by atoms with E-state index in [4.69, 9.17) is 21.1 Å². The number of halogens is 1. The van der Waals surface area contributed by atoms with E-state index in [0.717, 1.165) is 11.4 Å². The maximum atomic E-state index is 12.4. The van der Waals surface area contributed by atoms with Gasteiger partial charge in [-0.3, -0.25) is 9.59 Å². The van der Waals surface area contributed by atoms with Crippen molar-refractivity contribution >= 4 is 29.6 Å². The van der Waals surface area contributed by atoms with E-state index in [0.29, 0.717) is 46.4 Å². The number of ether oxygens (including phenoxy) is 2. The highest BCUT2D eigenvalue weighted by atomic mass is 35.5. The van der Waals surface area contributed by atoms with Crippen molar-refractivity contribution in [3.8, 4) is 11.5 Å². The van der Waals surface area contributed by atoms with Gasteiger partial charge in [0.2, 0.25) is 0 Å². The van der Waals surface area contributed by atoms with Crippen molar-refractivity contribution in [2.75, 3.05) is 13.2 Å². The van der Waals surface area contributed by atoms with E-state index in [1.165, 1.54) is 6.21 Å². The van der Waals surface area contributed by atoms with Gasteiger partial charge in [0.05, 0.1) is 35.6 Å². The zero-order valence-electron chi connectivity index (χ0n) is 15.1. The summed E-state index contributed by atoms with van der Waals surface area (Å²) in [4.78, 5) is 24.7. The van der Waals surface area contributed by atoms with Crippen molar-refractivity contribution < 1.29 is 19.1 Å². The molecule has 2 aromatic carbocycles. The van der Waals surface area contributed by atoms with Crippen molar-refractivity contribution in [2.45, 2.75) is 20.3 Å². The van der Waals surface area contributed by atoms with Crippen LogP contribution in [0.15, 0.2) is 41.5 Å². The van der Waals surface area contributed by atoms with E-state index < -0.39 is 11.8 Å². The third-order valence-electron chi connectivity index (χ3n) is 3.88. The zero-order valence-corrected chi connectivity index (χ0v) is 15.8. The summed E-state index contributed by atoms with van der Waals surface area (Å²) in [6.45, 7) is 4.81. The van der Waals surface area contributed by atoms with Crippen LogP contribution >= 0.6 is 11.6 Å². The molecule has 140 valence electrons. The summed E-state index contributed by atoms with van der Waals surface area (Å²) in [7, 11) is 0. The molecular weight excluding hydrogens is 368 g/mol. The highest BCUT2D eigenvalue weighted by Crippen LogP contribution is 2.36. The average Bonchev–Trinajstić information content (AvgIpc) is 2.90. The van der Waals surface area contributed by atoms with Crippen molar-refractivity contribution in [2.24, 2.45) is 5.10 Å². The van der Waals surface area contributed by atoms with E-state index in [1.807, 2.05) is 13.8 Å². The Bertz CT molecular complexity index is 876. The zero-order chi connectivity index (χ0) is 19.4. The van der Waals surface area contributed by atoms with Gasteiger partial charge in [-0.05, 0) is 43.2 Å². The lowest BCUT2D eigenvalue weighted by Crippen LogP contribution is -2.24. The van der Waals surface area contributed by atoms with E-state index in [1.54, 1.807) is 36.4 Å². The van der Waals surface area contributed by atoms with Crippen molar-refractivity contribution in [1.82, 2.24) is 5.01 Å². The van der Waals surface area contributed by atoms with E-state index in [2.05, 4.69) is 5.10 Å². The first kappa shape index (κ1) is 18.9. The van der Waals surface area contributed by atoms with Gasteiger partial charge < -0.3 is 9.47 Å². The molecule has 0 saturated carbocycles. The van der Waals surface area contributed by atoms with Gasteiger partial charge >= 0.3 is 0 Å². The van der Waals surface area contributed by atoms with Gasteiger partial charge in [-0.2, -0.15) is 10.1 Å². The molecule has 1 aliphatic rings. The number of fused-ring (bicyclic) bond motifs is 1. The largest absolute Gasteiger partial charge is 0.490 e. The summed E-state index contributed by atoms with van der Waals surface area (Å²) in [5.74, 6) is 0.0530. The SMILES string of the molecule is CCCOc1c(Cl)cc(/C=N\N2C(=O)c3ccccc3C2=O)cc1OCC. The number of hydrogen-bond donors (Lipinski definition) is 0. The Morgan fingerprint density at radius 2 is 1.74 bits per heavy atom. The van der Waals surface area contributed by atoms with Crippen molar-refractivity contribution in [1.29, 1.82) is 0 Å². The summed E-state index contributed by atoms with van der Waals surface area (Å²) in [6.07, 6.45) is 2.24. The van der Waals surface area contributed by atoms with Gasteiger partial charge in [-0.15, -0.1) is 0 Å². The molecule has 2 aromatic rings. The van der Waals surface area contributed by atoms with Crippen LogP contribution in [0.1, 0.15) is 46.5 Å². The Hall–Kier alpha value is -2.86. The molecule has 7 heteroatoms. The number of hydrogen-bond acceptors (Lipinski definition) is 5. The molecule has 0 spiro atoms. The van der Waals surface area contributed by atoms with Gasteiger partial charge in [0.15, 0.2) is 11.5 Å². The molecule has 0 radical (unpaired) electrons. The molecule has 0 bridgehead atoms. The second kappa shape index (κ2) is 8.22. The third kappa shape index (κ3) is 3.80. The predicted molar refractivity (Wildman–Crippen MR) is 103 cm³/mol. The number of amides is 2. The van der Waals surface area contributed by atoms with Crippen LogP contribution in [-0.2, 0) is 0 Å². The van der Waals surface area contributed by atoms with Crippen LogP contribution in [0.5, 0.6) is 11.5 Å². The Labute approximate surface area is 162 Å². The molecule has 0 saturated heterocycles. The van der Waals surface area contributed by atoms with E-state index >= 15 is 0 Å². The lowest BCUT2D eigenvalue weighted by molar-refractivity contribution is 0.0660. The number of imide groups is 1. The Kier molecular flexibility index (Phi) is 5.76. The lowest BCUT2D eigenvalue weighted by Gasteiger charge is -2.14.